The van der Waals surface area contributed by atoms with E-state index in [9.17, 15) is 8.42 Å². The maximum atomic E-state index is 12.2. The second kappa shape index (κ2) is 5.16. The van der Waals surface area contributed by atoms with Gasteiger partial charge in [-0.1, -0.05) is 6.92 Å². The zero-order valence-corrected chi connectivity index (χ0v) is 10.7. The van der Waals surface area contributed by atoms with E-state index in [-0.39, 0.29) is 11.1 Å². The third kappa shape index (κ3) is 2.67. The number of aromatic amines is 1. The normalized spacial score (nSPS) is 21.2. The van der Waals surface area contributed by atoms with Gasteiger partial charge in [0.25, 0.3) is 10.0 Å². The molecule has 0 aromatic carbocycles. The Morgan fingerprint density at radius 1 is 1.59 bits per heavy atom. The van der Waals surface area contributed by atoms with Crippen molar-refractivity contribution in [2.24, 2.45) is 0 Å². The van der Waals surface area contributed by atoms with Crippen molar-refractivity contribution in [1.82, 2.24) is 19.8 Å². The van der Waals surface area contributed by atoms with Crippen LogP contribution in [-0.4, -0.2) is 48.6 Å². The number of H-pyrrole nitrogens is 1. The number of nitrogens with one attached hydrogen (secondary N) is 2. The summed E-state index contributed by atoms with van der Waals surface area (Å²) >= 11 is 0. The van der Waals surface area contributed by atoms with Crippen LogP contribution >= 0.6 is 0 Å². The number of nitrogens with zero attached hydrogens (tertiary/aromatic N) is 2. The van der Waals surface area contributed by atoms with Crippen LogP contribution in [0.1, 0.15) is 19.8 Å². The summed E-state index contributed by atoms with van der Waals surface area (Å²) in [4.78, 5) is 0. The fourth-order valence-electron chi connectivity index (χ4n) is 2.08. The molecule has 96 valence electrons. The Bertz CT molecular complexity index is 437. The van der Waals surface area contributed by atoms with E-state index in [1.807, 2.05) is 6.92 Å². The lowest BCUT2D eigenvalue weighted by molar-refractivity contribution is 0.381. The predicted octanol–water partition coefficient (Wildman–Crippen LogP) is 0.172. The fraction of sp³-hybridized carbons (Fsp3) is 0.700. The van der Waals surface area contributed by atoms with Gasteiger partial charge in [0.2, 0.25) is 0 Å². The third-order valence-electron chi connectivity index (χ3n) is 3.03. The van der Waals surface area contributed by atoms with Gasteiger partial charge in [0.15, 0.2) is 5.03 Å². The van der Waals surface area contributed by atoms with Crippen LogP contribution in [0, 0.1) is 0 Å². The topological polar surface area (TPSA) is 78.1 Å². The molecule has 2 rings (SSSR count). The van der Waals surface area contributed by atoms with Crippen LogP contribution < -0.4 is 5.32 Å². The van der Waals surface area contributed by atoms with Crippen LogP contribution in [0.2, 0.25) is 0 Å². The highest BCUT2D eigenvalue weighted by atomic mass is 32.2. The SMILES string of the molecule is CCN(CC1CCCN1)S(=O)(=O)c1ccn[nH]1. The zero-order valence-electron chi connectivity index (χ0n) is 9.89. The van der Waals surface area contributed by atoms with Gasteiger partial charge in [0.05, 0.1) is 6.20 Å². The predicted molar refractivity (Wildman–Crippen MR) is 64.0 cm³/mol. The molecule has 2 N–H and O–H groups in total. The molecule has 1 saturated heterocycles. The van der Waals surface area contributed by atoms with Crippen molar-refractivity contribution in [1.29, 1.82) is 0 Å². The molecule has 17 heavy (non-hydrogen) atoms. The molecule has 0 amide bonds. The first-order valence-corrected chi connectivity index (χ1v) is 7.31. The van der Waals surface area contributed by atoms with Gasteiger partial charge in [0.1, 0.15) is 0 Å². The number of hydrogen-bond acceptors (Lipinski definition) is 4. The average Bonchev–Trinajstić information content (AvgIpc) is 2.98. The van der Waals surface area contributed by atoms with Crippen LogP contribution in [-0.2, 0) is 10.0 Å². The Hall–Kier alpha value is -0.920. The van der Waals surface area contributed by atoms with Crippen molar-refractivity contribution in [3.8, 4) is 0 Å². The van der Waals surface area contributed by atoms with Crippen molar-refractivity contribution < 1.29 is 8.42 Å². The molecule has 1 atom stereocenters. The van der Waals surface area contributed by atoms with Gasteiger partial charge in [0, 0.05) is 19.1 Å². The Morgan fingerprint density at radius 3 is 2.94 bits per heavy atom. The first kappa shape index (κ1) is 12.5. The van der Waals surface area contributed by atoms with E-state index in [1.54, 1.807) is 0 Å². The van der Waals surface area contributed by atoms with Gasteiger partial charge in [-0.15, -0.1) is 0 Å². The van der Waals surface area contributed by atoms with Crippen LogP contribution in [0.25, 0.3) is 0 Å². The molecule has 2 heterocycles. The lowest BCUT2D eigenvalue weighted by Gasteiger charge is -2.22. The van der Waals surface area contributed by atoms with Crippen molar-refractivity contribution in [3.63, 3.8) is 0 Å². The van der Waals surface area contributed by atoms with Crippen molar-refractivity contribution >= 4 is 10.0 Å². The van der Waals surface area contributed by atoms with E-state index < -0.39 is 10.0 Å². The fourth-order valence-corrected chi connectivity index (χ4v) is 3.48. The zero-order chi connectivity index (χ0) is 12.3. The lowest BCUT2D eigenvalue weighted by Crippen LogP contribution is -2.41. The van der Waals surface area contributed by atoms with Crippen LogP contribution in [0.4, 0.5) is 0 Å². The van der Waals surface area contributed by atoms with E-state index >= 15 is 0 Å². The first-order chi connectivity index (χ1) is 8.14. The van der Waals surface area contributed by atoms with Crippen LogP contribution in [0.3, 0.4) is 0 Å². The summed E-state index contributed by atoms with van der Waals surface area (Å²) in [5, 5.41) is 9.68. The third-order valence-corrected chi connectivity index (χ3v) is 4.90. The summed E-state index contributed by atoms with van der Waals surface area (Å²) in [6, 6.07) is 1.76. The summed E-state index contributed by atoms with van der Waals surface area (Å²) in [5.41, 5.74) is 0. The summed E-state index contributed by atoms with van der Waals surface area (Å²) in [5.74, 6) is 0. The largest absolute Gasteiger partial charge is 0.313 e. The van der Waals surface area contributed by atoms with E-state index in [0.29, 0.717) is 13.1 Å². The van der Waals surface area contributed by atoms with Gasteiger partial charge in [-0.3, -0.25) is 5.10 Å². The molecule has 1 aliphatic heterocycles. The molecule has 0 radical (unpaired) electrons. The molecule has 1 aromatic rings. The molecule has 1 aromatic heterocycles. The highest BCUT2D eigenvalue weighted by molar-refractivity contribution is 7.89. The molecule has 7 heteroatoms. The molecule has 0 spiro atoms. The Balaban J connectivity index is 2.12. The number of aromatic nitrogens is 2. The number of sulfonamides is 1. The minimum atomic E-state index is -3.42. The Labute approximate surface area is 101 Å². The quantitative estimate of drug-likeness (QED) is 0.789. The van der Waals surface area contributed by atoms with Crippen molar-refractivity contribution in [2.75, 3.05) is 19.6 Å². The van der Waals surface area contributed by atoms with Gasteiger partial charge < -0.3 is 5.32 Å². The van der Waals surface area contributed by atoms with Crippen LogP contribution in [0.5, 0.6) is 0 Å². The second-order valence-electron chi connectivity index (χ2n) is 4.17. The molecule has 6 nitrogen and oxygen atoms in total. The monoisotopic (exact) mass is 258 g/mol. The van der Waals surface area contributed by atoms with E-state index in [2.05, 4.69) is 15.5 Å². The number of likely N-dealkylation sites (N-methyl/N-ethyl adjacent to an activating group) is 1. The highest BCUT2D eigenvalue weighted by Crippen LogP contribution is 2.15. The summed E-state index contributed by atoms with van der Waals surface area (Å²) < 4.78 is 26.0. The highest BCUT2D eigenvalue weighted by Gasteiger charge is 2.27. The maximum absolute atomic E-state index is 12.2. The van der Waals surface area contributed by atoms with Crippen molar-refractivity contribution in [2.45, 2.75) is 30.8 Å². The summed E-state index contributed by atoms with van der Waals surface area (Å²) in [7, 11) is -3.42. The summed E-state index contributed by atoms with van der Waals surface area (Å²) in [6.45, 7) is 3.83. The average molecular weight is 258 g/mol. The molecule has 1 unspecified atom stereocenters. The van der Waals surface area contributed by atoms with Gasteiger partial charge in [-0.05, 0) is 25.5 Å². The lowest BCUT2D eigenvalue weighted by atomic mass is 10.2. The molecule has 1 aliphatic rings. The van der Waals surface area contributed by atoms with Gasteiger partial charge in [-0.2, -0.15) is 9.40 Å². The Morgan fingerprint density at radius 2 is 2.41 bits per heavy atom. The smallest absolute Gasteiger partial charge is 0.260 e. The second-order valence-corrected chi connectivity index (χ2v) is 6.08. The Kier molecular flexibility index (Phi) is 3.80. The molecular formula is C10H18N4O2S. The van der Waals surface area contributed by atoms with Crippen molar-refractivity contribution in [3.05, 3.63) is 12.3 Å². The first-order valence-electron chi connectivity index (χ1n) is 5.87. The molecule has 1 fully saturated rings. The van der Waals surface area contributed by atoms with Gasteiger partial charge >= 0.3 is 0 Å². The summed E-state index contributed by atoms with van der Waals surface area (Å²) in [6.07, 6.45) is 3.61. The standard InChI is InChI=1S/C10H18N4O2S/c1-2-14(8-9-4-3-6-11-9)17(15,16)10-5-7-12-13-10/h5,7,9,11H,2-4,6,8H2,1H3,(H,12,13). The minimum Gasteiger partial charge on any atom is -0.313 e. The van der Waals surface area contributed by atoms with E-state index in [0.717, 1.165) is 19.4 Å². The molecule has 0 aliphatic carbocycles. The van der Waals surface area contributed by atoms with Crippen LogP contribution in [0.15, 0.2) is 17.3 Å². The molecular weight excluding hydrogens is 240 g/mol. The van der Waals surface area contributed by atoms with E-state index in [1.165, 1.54) is 16.6 Å². The number of hydrogen-bond donors (Lipinski definition) is 2. The molecule has 0 saturated carbocycles. The van der Waals surface area contributed by atoms with E-state index in [4.69, 9.17) is 0 Å². The minimum absolute atomic E-state index is 0.164. The molecule has 0 bridgehead atoms. The van der Waals surface area contributed by atoms with Gasteiger partial charge in [-0.25, -0.2) is 8.42 Å². The maximum Gasteiger partial charge on any atom is 0.260 e. The number of rotatable bonds is 5.